The minimum Gasteiger partial charge on any atom is -0.495 e. The molecule has 22 heavy (non-hydrogen) atoms. The van der Waals surface area contributed by atoms with E-state index >= 15 is 0 Å². The number of para-hydroxylation sites is 2. The summed E-state index contributed by atoms with van der Waals surface area (Å²) in [5, 5.41) is 2.82. The van der Waals surface area contributed by atoms with Gasteiger partial charge < -0.3 is 14.8 Å². The van der Waals surface area contributed by atoms with Crippen LogP contribution in [0.5, 0.6) is 11.5 Å². The number of rotatable bonds is 5. The van der Waals surface area contributed by atoms with Crippen molar-refractivity contribution in [3.05, 3.63) is 53.6 Å². The smallest absolute Gasteiger partial charge is 0.265 e. The highest BCUT2D eigenvalue weighted by Gasteiger charge is 2.16. The zero-order valence-electron chi connectivity index (χ0n) is 13.3. The number of hydrogen-bond acceptors (Lipinski definition) is 3. The normalized spacial score (nSPS) is 11.6. The molecule has 2 aromatic rings. The van der Waals surface area contributed by atoms with Crippen LogP contribution < -0.4 is 14.8 Å². The standard InChI is InChI=1S/C18H21NO3/c1-12-9-10-15(11-13(12)2)22-14(3)18(20)19-16-7-5-6-8-17(16)21-4/h5-11,14H,1-4H3,(H,19,20)/t14-/m0/s1. The van der Waals surface area contributed by atoms with E-state index in [-0.39, 0.29) is 5.91 Å². The molecular weight excluding hydrogens is 278 g/mol. The van der Waals surface area contributed by atoms with Crippen molar-refractivity contribution in [3.8, 4) is 11.5 Å². The van der Waals surface area contributed by atoms with E-state index < -0.39 is 6.10 Å². The van der Waals surface area contributed by atoms with E-state index in [1.807, 2.05) is 44.2 Å². The van der Waals surface area contributed by atoms with Gasteiger partial charge in [-0.1, -0.05) is 18.2 Å². The SMILES string of the molecule is COc1ccccc1NC(=O)[C@H](C)Oc1ccc(C)c(C)c1. The van der Waals surface area contributed by atoms with Gasteiger partial charge in [-0.25, -0.2) is 0 Å². The molecule has 0 aliphatic rings. The molecule has 2 aromatic carbocycles. The molecule has 0 radical (unpaired) electrons. The largest absolute Gasteiger partial charge is 0.495 e. The van der Waals surface area contributed by atoms with E-state index in [1.54, 1.807) is 26.2 Å². The van der Waals surface area contributed by atoms with E-state index in [2.05, 4.69) is 5.32 Å². The number of methoxy groups -OCH3 is 1. The van der Waals surface area contributed by atoms with Crippen LogP contribution in [-0.2, 0) is 4.79 Å². The van der Waals surface area contributed by atoms with Crippen molar-refractivity contribution in [2.75, 3.05) is 12.4 Å². The summed E-state index contributed by atoms with van der Waals surface area (Å²) in [4.78, 5) is 12.2. The minimum absolute atomic E-state index is 0.220. The lowest BCUT2D eigenvalue weighted by Gasteiger charge is -2.16. The fourth-order valence-electron chi connectivity index (χ4n) is 2.03. The predicted molar refractivity (Wildman–Crippen MR) is 87.6 cm³/mol. The summed E-state index contributed by atoms with van der Waals surface area (Å²) in [6.45, 7) is 5.78. The Morgan fingerprint density at radius 3 is 2.50 bits per heavy atom. The average molecular weight is 299 g/mol. The fourth-order valence-corrected chi connectivity index (χ4v) is 2.03. The molecule has 0 aliphatic carbocycles. The molecule has 1 atom stereocenters. The number of benzene rings is 2. The lowest BCUT2D eigenvalue weighted by Crippen LogP contribution is -2.30. The van der Waals surface area contributed by atoms with Gasteiger partial charge in [0.2, 0.25) is 0 Å². The molecule has 0 spiro atoms. The van der Waals surface area contributed by atoms with E-state index in [1.165, 1.54) is 5.56 Å². The molecule has 4 nitrogen and oxygen atoms in total. The average Bonchev–Trinajstić information content (AvgIpc) is 2.51. The first-order valence-electron chi connectivity index (χ1n) is 7.19. The number of nitrogens with one attached hydrogen (secondary N) is 1. The van der Waals surface area contributed by atoms with Gasteiger partial charge in [0.25, 0.3) is 5.91 Å². The summed E-state index contributed by atoms with van der Waals surface area (Å²) in [6, 6.07) is 13.1. The van der Waals surface area contributed by atoms with Gasteiger partial charge in [0.1, 0.15) is 11.5 Å². The Morgan fingerprint density at radius 1 is 1.09 bits per heavy atom. The van der Waals surface area contributed by atoms with Gasteiger partial charge in [-0.15, -0.1) is 0 Å². The highest BCUT2D eigenvalue weighted by molar-refractivity contribution is 5.95. The summed E-state index contributed by atoms with van der Waals surface area (Å²) < 4.78 is 10.9. The Labute approximate surface area is 131 Å². The molecule has 0 fully saturated rings. The topological polar surface area (TPSA) is 47.6 Å². The first-order chi connectivity index (χ1) is 10.5. The predicted octanol–water partition coefficient (Wildman–Crippen LogP) is 3.72. The van der Waals surface area contributed by atoms with Gasteiger partial charge in [0, 0.05) is 0 Å². The van der Waals surface area contributed by atoms with Crippen molar-refractivity contribution < 1.29 is 14.3 Å². The third-order valence-electron chi connectivity index (χ3n) is 3.53. The summed E-state index contributed by atoms with van der Waals surface area (Å²) in [5.74, 6) is 1.09. The van der Waals surface area contributed by atoms with Gasteiger partial charge in [-0.2, -0.15) is 0 Å². The molecule has 0 saturated heterocycles. The van der Waals surface area contributed by atoms with Crippen molar-refractivity contribution in [3.63, 3.8) is 0 Å². The van der Waals surface area contributed by atoms with Gasteiger partial charge in [-0.3, -0.25) is 4.79 Å². The van der Waals surface area contributed by atoms with Crippen molar-refractivity contribution >= 4 is 11.6 Å². The number of hydrogen-bond donors (Lipinski definition) is 1. The van der Waals surface area contributed by atoms with Gasteiger partial charge in [0.15, 0.2) is 6.10 Å². The molecule has 0 bridgehead atoms. The summed E-state index contributed by atoms with van der Waals surface area (Å²) in [5.41, 5.74) is 2.96. The van der Waals surface area contributed by atoms with E-state index in [4.69, 9.17) is 9.47 Å². The Morgan fingerprint density at radius 2 is 1.82 bits per heavy atom. The maximum atomic E-state index is 12.2. The van der Waals surface area contributed by atoms with Crippen molar-refractivity contribution in [2.24, 2.45) is 0 Å². The molecule has 0 aromatic heterocycles. The molecular formula is C18H21NO3. The van der Waals surface area contributed by atoms with Crippen molar-refractivity contribution in [2.45, 2.75) is 26.9 Å². The molecule has 0 saturated carbocycles. The highest BCUT2D eigenvalue weighted by atomic mass is 16.5. The van der Waals surface area contributed by atoms with Crippen LogP contribution in [0.15, 0.2) is 42.5 Å². The lowest BCUT2D eigenvalue weighted by molar-refractivity contribution is -0.122. The number of carbonyl (C=O) groups is 1. The second-order valence-electron chi connectivity index (χ2n) is 5.20. The molecule has 116 valence electrons. The van der Waals surface area contributed by atoms with Crippen LogP contribution in [0.4, 0.5) is 5.69 Å². The Hall–Kier alpha value is -2.49. The monoisotopic (exact) mass is 299 g/mol. The first kappa shape index (κ1) is 15.9. The maximum absolute atomic E-state index is 12.2. The Bertz CT molecular complexity index is 667. The Balaban J connectivity index is 2.04. The molecule has 0 aliphatic heterocycles. The van der Waals surface area contributed by atoms with Crippen LogP contribution >= 0.6 is 0 Å². The molecule has 1 amide bonds. The zero-order valence-corrected chi connectivity index (χ0v) is 13.3. The number of aryl methyl sites for hydroxylation is 2. The number of amides is 1. The third-order valence-corrected chi connectivity index (χ3v) is 3.53. The maximum Gasteiger partial charge on any atom is 0.265 e. The quantitative estimate of drug-likeness (QED) is 0.915. The lowest BCUT2D eigenvalue weighted by atomic mass is 10.1. The van der Waals surface area contributed by atoms with Crippen LogP contribution in [0, 0.1) is 13.8 Å². The van der Waals surface area contributed by atoms with Crippen molar-refractivity contribution in [1.29, 1.82) is 0 Å². The summed E-state index contributed by atoms with van der Waals surface area (Å²) in [7, 11) is 1.57. The van der Waals surface area contributed by atoms with E-state index in [0.29, 0.717) is 17.2 Å². The van der Waals surface area contributed by atoms with Crippen LogP contribution in [0.1, 0.15) is 18.1 Å². The van der Waals surface area contributed by atoms with Crippen LogP contribution in [0.3, 0.4) is 0 Å². The van der Waals surface area contributed by atoms with E-state index in [9.17, 15) is 4.79 Å². The van der Waals surface area contributed by atoms with Crippen LogP contribution in [0.2, 0.25) is 0 Å². The number of anilines is 1. The minimum atomic E-state index is -0.605. The van der Waals surface area contributed by atoms with E-state index in [0.717, 1.165) is 5.56 Å². The zero-order chi connectivity index (χ0) is 16.1. The Kier molecular flexibility index (Phi) is 5.04. The first-order valence-corrected chi connectivity index (χ1v) is 7.19. The van der Waals surface area contributed by atoms with Gasteiger partial charge >= 0.3 is 0 Å². The molecule has 1 N–H and O–H groups in total. The summed E-state index contributed by atoms with van der Waals surface area (Å²) in [6.07, 6.45) is -0.605. The van der Waals surface area contributed by atoms with Gasteiger partial charge in [0.05, 0.1) is 12.8 Å². The second-order valence-corrected chi connectivity index (χ2v) is 5.20. The van der Waals surface area contributed by atoms with Crippen LogP contribution in [0.25, 0.3) is 0 Å². The van der Waals surface area contributed by atoms with Crippen molar-refractivity contribution in [1.82, 2.24) is 0 Å². The molecule has 0 heterocycles. The fraction of sp³-hybridized carbons (Fsp3) is 0.278. The molecule has 2 rings (SSSR count). The number of ether oxygens (including phenoxy) is 2. The summed E-state index contributed by atoms with van der Waals surface area (Å²) >= 11 is 0. The highest BCUT2D eigenvalue weighted by Crippen LogP contribution is 2.24. The number of carbonyl (C=O) groups excluding carboxylic acids is 1. The second kappa shape index (κ2) is 6.98. The van der Waals surface area contributed by atoms with Crippen LogP contribution in [-0.4, -0.2) is 19.1 Å². The molecule has 0 unspecified atom stereocenters. The third kappa shape index (κ3) is 3.79. The molecule has 4 heteroatoms. The van der Waals surface area contributed by atoms with Gasteiger partial charge in [-0.05, 0) is 56.2 Å².